The molecule has 0 nitrogen and oxygen atoms in total. The molecular formula is C27H59LaSi2+2. The van der Waals surface area contributed by atoms with Gasteiger partial charge in [0.2, 0.25) is 0 Å². The van der Waals surface area contributed by atoms with Crippen LogP contribution in [0.15, 0.2) is 0 Å². The second-order valence-electron chi connectivity index (χ2n) is 13.5. The molecule has 0 aromatic heterocycles. The first-order valence-electron chi connectivity index (χ1n) is 12.7. The van der Waals surface area contributed by atoms with Gasteiger partial charge in [-0.2, -0.15) is 0 Å². The van der Waals surface area contributed by atoms with Crippen molar-refractivity contribution in [2.45, 2.75) is 109 Å². The third kappa shape index (κ3) is 10.7. The minimum absolute atomic E-state index is 0. The van der Waals surface area contributed by atoms with E-state index in [0.717, 1.165) is 59.2 Å². The first-order chi connectivity index (χ1) is 12.8. The van der Waals surface area contributed by atoms with Gasteiger partial charge in [0.05, 0.1) is 0 Å². The zero-order valence-electron chi connectivity index (χ0n) is 23.9. The molecule has 0 saturated heterocycles. The fraction of sp³-hybridized carbons (Fsp3) is 0.963. The first kappa shape index (κ1) is 33.8. The van der Waals surface area contributed by atoms with Crippen molar-refractivity contribution >= 4 is 16.1 Å². The van der Waals surface area contributed by atoms with Gasteiger partial charge in [-0.15, -0.1) is 16.1 Å². The van der Waals surface area contributed by atoms with Crippen molar-refractivity contribution in [1.82, 2.24) is 0 Å². The predicted octanol–water partition coefficient (Wildman–Crippen LogP) is 9.31. The maximum atomic E-state index is 2.65. The van der Waals surface area contributed by atoms with Gasteiger partial charge in [-0.3, -0.25) is 0 Å². The van der Waals surface area contributed by atoms with Crippen LogP contribution in [0.5, 0.6) is 0 Å². The third-order valence-electron chi connectivity index (χ3n) is 9.16. The molecule has 2 aliphatic carbocycles. The fourth-order valence-electron chi connectivity index (χ4n) is 6.09. The molecule has 0 aliphatic heterocycles. The van der Waals surface area contributed by atoms with Crippen LogP contribution < -0.4 is 0 Å². The van der Waals surface area contributed by atoms with E-state index in [1.807, 2.05) is 0 Å². The zero-order valence-corrected chi connectivity index (χ0v) is 29.6. The summed E-state index contributed by atoms with van der Waals surface area (Å²) in [5, 5.41) is 0. The average Bonchev–Trinajstić information content (AvgIpc) is 2.83. The Balaban J connectivity index is 0. The normalized spacial score (nSPS) is 41.2. The van der Waals surface area contributed by atoms with Crippen LogP contribution in [0.3, 0.4) is 0 Å². The van der Waals surface area contributed by atoms with Gasteiger partial charge < -0.3 is 5.67 Å². The van der Waals surface area contributed by atoms with Crippen molar-refractivity contribution in [2.24, 2.45) is 59.2 Å². The Labute approximate surface area is 223 Å². The molecule has 176 valence electrons. The molecule has 0 bridgehead atoms. The molecule has 0 amide bonds. The molecule has 2 aliphatic rings. The van der Waals surface area contributed by atoms with E-state index in [1.54, 1.807) is 0 Å². The summed E-state index contributed by atoms with van der Waals surface area (Å²) in [5.41, 5.74) is 2.65. The van der Waals surface area contributed by atoms with Crippen LogP contribution in [-0.4, -0.2) is 16.1 Å². The summed E-state index contributed by atoms with van der Waals surface area (Å²) in [7, 11) is -1.71. The van der Waals surface area contributed by atoms with Gasteiger partial charge in [0.25, 0.3) is 0 Å². The monoisotopic (exact) mass is 578 g/mol. The molecule has 2 fully saturated rings. The molecule has 0 aromatic carbocycles. The Bertz CT molecular complexity index is 333. The molecule has 3 heteroatoms. The Morgan fingerprint density at radius 3 is 0.467 bits per heavy atom. The third-order valence-corrected chi connectivity index (χ3v) is 16.1. The van der Waals surface area contributed by atoms with Gasteiger partial charge in [0.1, 0.15) is 0 Å². The maximum absolute atomic E-state index is 2.65. The van der Waals surface area contributed by atoms with Crippen molar-refractivity contribution in [3.63, 3.8) is 0 Å². The molecule has 0 unspecified atom stereocenters. The van der Waals surface area contributed by atoms with E-state index in [2.05, 4.69) is 114 Å². The van der Waals surface area contributed by atoms with Crippen LogP contribution in [0.2, 0.25) is 39.3 Å². The Hall–Kier alpha value is 1.63. The van der Waals surface area contributed by atoms with Crippen molar-refractivity contribution in [2.75, 3.05) is 0 Å². The van der Waals surface area contributed by atoms with Crippen LogP contribution in [0.4, 0.5) is 0 Å². The molecular weight excluding hydrogens is 519 g/mol. The van der Waals surface area contributed by atoms with Gasteiger partial charge in [-0.05, 0) is 59.2 Å². The number of hydrogen-bond donors (Lipinski definition) is 0. The molecule has 30 heavy (non-hydrogen) atoms. The zero-order chi connectivity index (χ0) is 23.5. The van der Waals surface area contributed by atoms with Gasteiger partial charge in [0, 0.05) is 0 Å². The molecule has 0 spiro atoms. The van der Waals surface area contributed by atoms with E-state index in [4.69, 9.17) is 0 Å². The van der Waals surface area contributed by atoms with Crippen LogP contribution in [0, 0.1) is 100 Å². The smallest absolute Gasteiger partial charge is 0.327 e. The maximum Gasteiger partial charge on any atom is 3.00 e. The summed E-state index contributed by atoms with van der Waals surface area (Å²) >= 11 is 0. The van der Waals surface area contributed by atoms with Crippen molar-refractivity contribution in [3.8, 4) is 0 Å². The average molecular weight is 579 g/mol. The second-order valence-corrected chi connectivity index (χ2v) is 24.1. The van der Waals surface area contributed by atoms with E-state index in [0.29, 0.717) is 0 Å². The van der Waals surface area contributed by atoms with E-state index < -0.39 is 16.1 Å². The van der Waals surface area contributed by atoms with Gasteiger partial charge >= 0.3 is 35.6 Å². The molecule has 0 aromatic rings. The molecule has 2 rings (SSSR count). The largest absolute Gasteiger partial charge is 3.00 e. The van der Waals surface area contributed by atoms with E-state index in [9.17, 15) is 0 Å². The fourth-order valence-corrected chi connectivity index (χ4v) is 16.5. The molecule has 0 atom stereocenters. The summed E-state index contributed by atoms with van der Waals surface area (Å²) in [4.78, 5) is 0. The van der Waals surface area contributed by atoms with E-state index >= 15 is 0 Å². The van der Waals surface area contributed by atoms with Crippen LogP contribution in [0.25, 0.3) is 0 Å². The predicted molar refractivity (Wildman–Crippen MR) is 143 cm³/mol. The van der Waals surface area contributed by atoms with Gasteiger partial charge in [0.15, 0.2) is 0 Å². The van der Waals surface area contributed by atoms with E-state index in [1.165, 1.54) is 0 Å². The molecule has 2 saturated carbocycles. The standard InChI is InChI=1S/2C10H20.C7H19Si2.La/c2*1-6-7(2)9(4)10(5)8(6)3;1-8(2,3)7-9(4,5)6;/h2*6-10H,1-5H3;7H,1-6H3;/q;;-1;+3. The summed E-state index contributed by atoms with van der Waals surface area (Å²) in [5.74, 6) is 9.35. The molecule has 0 heterocycles. The van der Waals surface area contributed by atoms with Crippen LogP contribution in [-0.2, 0) is 0 Å². The Morgan fingerprint density at radius 2 is 0.433 bits per heavy atom. The summed E-state index contributed by atoms with van der Waals surface area (Å²) in [6.07, 6.45) is 0. The summed E-state index contributed by atoms with van der Waals surface area (Å²) in [6.45, 7) is 38.4. The van der Waals surface area contributed by atoms with Crippen molar-refractivity contribution in [3.05, 3.63) is 5.67 Å². The molecule has 0 radical (unpaired) electrons. The summed E-state index contributed by atoms with van der Waals surface area (Å²) in [6, 6.07) is 0. The van der Waals surface area contributed by atoms with Crippen LogP contribution in [0.1, 0.15) is 69.2 Å². The quantitative estimate of drug-likeness (QED) is 0.226. The van der Waals surface area contributed by atoms with E-state index in [-0.39, 0.29) is 35.6 Å². The minimum Gasteiger partial charge on any atom is -0.327 e. The molecule has 0 N–H and O–H groups in total. The van der Waals surface area contributed by atoms with Gasteiger partial charge in [-0.25, -0.2) is 0 Å². The Kier molecular flexibility index (Phi) is 15.2. The minimum atomic E-state index is -0.856. The first-order valence-corrected chi connectivity index (χ1v) is 19.8. The number of hydrogen-bond acceptors (Lipinski definition) is 0. The van der Waals surface area contributed by atoms with Crippen molar-refractivity contribution in [1.29, 1.82) is 0 Å². The summed E-state index contributed by atoms with van der Waals surface area (Å²) < 4.78 is 0. The second kappa shape index (κ2) is 13.5. The van der Waals surface area contributed by atoms with Crippen LogP contribution >= 0.6 is 0 Å². The SMILES string of the molecule is CC1C(C)C(C)C(C)C1C.CC1C(C)C(C)C(C)C1C.C[Si](C)(C)[CH-][Si](C)(C)C.[La+3]. The van der Waals surface area contributed by atoms with Crippen molar-refractivity contribution < 1.29 is 35.6 Å². The topological polar surface area (TPSA) is 0 Å². The number of rotatable bonds is 2. The Morgan fingerprint density at radius 1 is 0.333 bits per heavy atom. The van der Waals surface area contributed by atoms with Gasteiger partial charge in [-0.1, -0.05) is 109 Å².